The van der Waals surface area contributed by atoms with Crippen LogP contribution in [0.2, 0.25) is 0 Å². The number of nitrogens with one attached hydrogen (secondary N) is 2. The van der Waals surface area contributed by atoms with Crippen molar-refractivity contribution in [1.29, 1.82) is 0 Å². The monoisotopic (exact) mass is 303 g/mol. The highest BCUT2D eigenvalue weighted by Crippen LogP contribution is 2.33. The van der Waals surface area contributed by atoms with Crippen LogP contribution in [0.25, 0.3) is 10.2 Å². The molecule has 1 fully saturated rings. The normalized spacial score (nSPS) is 22.3. The van der Waals surface area contributed by atoms with Crippen molar-refractivity contribution in [2.24, 2.45) is 5.41 Å². The highest BCUT2D eigenvalue weighted by Gasteiger charge is 2.38. The van der Waals surface area contributed by atoms with Gasteiger partial charge in [-0.3, -0.25) is 4.79 Å². The van der Waals surface area contributed by atoms with E-state index in [1.807, 2.05) is 23.7 Å². The third-order valence-corrected chi connectivity index (χ3v) is 5.06. The van der Waals surface area contributed by atoms with Gasteiger partial charge >= 0.3 is 0 Å². The van der Waals surface area contributed by atoms with Crippen LogP contribution in [0.3, 0.4) is 0 Å². The van der Waals surface area contributed by atoms with E-state index in [0.717, 1.165) is 54.7 Å². The second kappa shape index (κ2) is 6.12. The van der Waals surface area contributed by atoms with Crippen molar-refractivity contribution in [3.05, 3.63) is 23.7 Å². The van der Waals surface area contributed by atoms with E-state index < -0.39 is 0 Å². The molecule has 2 N–H and O–H groups in total. The lowest BCUT2D eigenvalue weighted by molar-refractivity contribution is -0.127. The summed E-state index contributed by atoms with van der Waals surface area (Å²) in [4.78, 5) is 17.1. The molecule has 0 saturated carbocycles. The summed E-state index contributed by atoms with van der Waals surface area (Å²) in [7, 11) is 0. The maximum Gasteiger partial charge on any atom is 0.231 e. The molecule has 0 spiro atoms. The van der Waals surface area contributed by atoms with Crippen molar-refractivity contribution in [3.63, 3.8) is 0 Å². The van der Waals surface area contributed by atoms with E-state index >= 15 is 0 Å². The lowest BCUT2D eigenvalue weighted by atomic mass is 9.76. The summed E-state index contributed by atoms with van der Waals surface area (Å²) < 4.78 is 1.11. The molecule has 0 bridgehead atoms. The Bertz CT molecular complexity index is 626. The van der Waals surface area contributed by atoms with Crippen molar-refractivity contribution >= 4 is 33.1 Å². The Morgan fingerprint density at radius 3 is 3.19 bits per heavy atom. The molecule has 1 aliphatic rings. The molecule has 1 saturated heterocycles. The minimum absolute atomic E-state index is 0.153. The Morgan fingerprint density at radius 2 is 2.43 bits per heavy atom. The minimum Gasteiger partial charge on any atom is -0.326 e. The molecule has 0 radical (unpaired) electrons. The first-order valence-corrected chi connectivity index (χ1v) is 8.47. The smallest absolute Gasteiger partial charge is 0.231 e. The van der Waals surface area contributed by atoms with E-state index in [9.17, 15) is 4.79 Å². The van der Waals surface area contributed by atoms with Crippen LogP contribution in [0.1, 0.15) is 32.6 Å². The van der Waals surface area contributed by atoms with Crippen LogP contribution in [0.4, 0.5) is 5.69 Å². The molecule has 0 aliphatic carbocycles. The first-order valence-electron chi connectivity index (χ1n) is 7.59. The van der Waals surface area contributed by atoms with E-state index in [1.165, 1.54) is 0 Å². The molecule has 112 valence electrons. The van der Waals surface area contributed by atoms with Crippen LogP contribution >= 0.6 is 11.3 Å². The number of piperidine rings is 1. The Balaban J connectivity index is 1.79. The van der Waals surface area contributed by atoms with Crippen LogP contribution in [-0.2, 0) is 4.79 Å². The number of thiazole rings is 1. The molecule has 1 aromatic carbocycles. The largest absolute Gasteiger partial charge is 0.326 e. The number of anilines is 1. The SMILES string of the molecule is CCCC1(C(=O)Nc2ccc3ncsc3c2)CCCNC1. The zero-order chi connectivity index (χ0) is 14.7. The zero-order valence-corrected chi connectivity index (χ0v) is 13.1. The number of hydrogen-bond acceptors (Lipinski definition) is 4. The number of rotatable bonds is 4. The maximum atomic E-state index is 12.8. The molecule has 21 heavy (non-hydrogen) atoms. The molecule has 1 atom stereocenters. The molecule has 4 nitrogen and oxygen atoms in total. The van der Waals surface area contributed by atoms with Crippen LogP contribution in [-0.4, -0.2) is 24.0 Å². The summed E-state index contributed by atoms with van der Waals surface area (Å²) in [6.45, 7) is 3.95. The van der Waals surface area contributed by atoms with Gasteiger partial charge in [0.05, 0.1) is 21.1 Å². The van der Waals surface area contributed by atoms with Gasteiger partial charge in [-0.1, -0.05) is 13.3 Å². The van der Waals surface area contributed by atoms with Gasteiger partial charge in [-0.05, 0) is 44.0 Å². The number of carbonyl (C=O) groups is 1. The highest BCUT2D eigenvalue weighted by atomic mass is 32.1. The fourth-order valence-electron chi connectivity index (χ4n) is 3.16. The Hall–Kier alpha value is -1.46. The average Bonchev–Trinajstić information content (AvgIpc) is 2.96. The van der Waals surface area contributed by atoms with Crippen molar-refractivity contribution in [2.75, 3.05) is 18.4 Å². The van der Waals surface area contributed by atoms with E-state index in [2.05, 4.69) is 22.5 Å². The summed E-state index contributed by atoms with van der Waals surface area (Å²) >= 11 is 1.60. The van der Waals surface area contributed by atoms with Crippen LogP contribution < -0.4 is 10.6 Å². The average molecular weight is 303 g/mol. The van der Waals surface area contributed by atoms with E-state index in [4.69, 9.17) is 0 Å². The van der Waals surface area contributed by atoms with Gasteiger partial charge in [-0.25, -0.2) is 4.98 Å². The van der Waals surface area contributed by atoms with E-state index in [0.29, 0.717) is 0 Å². The van der Waals surface area contributed by atoms with E-state index in [1.54, 1.807) is 11.3 Å². The maximum absolute atomic E-state index is 12.8. The lowest BCUT2D eigenvalue weighted by Crippen LogP contribution is -2.48. The first-order chi connectivity index (χ1) is 10.2. The molecule has 1 aromatic heterocycles. The molecule has 1 unspecified atom stereocenters. The van der Waals surface area contributed by atoms with Crippen LogP contribution in [0.15, 0.2) is 23.7 Å². The summed E-state index contributed by atoms with van der Waals surface area (Å²) in [5, 5.41) is 6.50. The Kier molecular flexibility index (Phi) is 4.22. The number of carbonyl (C=O) groups excluding carboxylic acids is 1. The summed E-state index contributed by atoms with van der Waals surface area (Å²) in [6.07, 6.45) is 4.02. The van der Waals surface area contributed by atoms with Gasteiger partial charge in [-0.2, -0.15) is 0 Å². The van der Waals surface area contributed by atoms with Crippen molar-refractivity contribution < 1.29 is 4.79 Å². The van der Waals surface area contributed by atoms with E-state index in [-0.39, 0.29) is 11.3 Å². The number of amides is 1. The number of hydrogen-bond donors (Lipinski definition) is 2. The molecular formula is C16H21N3OS. The van der Waals surface area contributed by atoms with Gasteiger partial charge in [0.25, 0.3) is 0 Å². The Morgan fingerprint density at radius 1 is 1.52 bits per heavy atom. The second-order valence-electron chi connectivity index (χ2n) is 5.80. The fraction of sp³-hybridized carbons (Fsp3) is 0.500. The summed E-state index contributed by atoms with van der Waals surface area (Å²) in [5.41, 5.74) is 3.44. The molecule has 2 heterocycles. The minimum atomic E-state index is -0.254. The van der Waals surface area contributed by atoms with Crippen molar-refractivity contribution in [1.82, 2.24) is 10.3 Å². The molecular weight excluding hydrogens is 282 g/mol. The topological polar surface area (TPSA) is 54.0 Å². The van der Waals surface area contributed by atoms with Gasteiger partial charge in [0, 0.05) is 12.2 Å². The van der Waals surface area contributed by atoms with Gasteiger partial charge in [0.15, 0.2) is 0 Å². The quantitative estimate of drug-likeness (QED) is 0.910. The molecule has 5 heteroatoms. The number of aromatic nitrogens is 1. The summed E-state index contributed by atoms with van der Waals surface area (Å²) in [6, 6.07) is 5.92. The third kappa shape index (κ3) is 2.94. The van der Waals surface area contributed by atoms with Crippen LogP contribution in [0, 0.1) is 5.41 Å². The van der Waals surface area contributed by atoms with Gasteiger partial charge in [0.1, 0.15) is 0 Å². The van der Waals surface area contributed by atoms with Gasteiger partial charge < -0.3 is 10.6 Å². The number of fused-ring (bicyclic) bond motifs is 1. The van der Waals surface area contributed by atoms with Crippen LogP contribution in [0.5, 0.6) is 0 Å². The lowest BCUT2D eigenvalue weighted by Gasteiger charge is -2.36. The third-order valence-electron chi connectivity index (χ3n) is 4.27. The molecule has 3 rings (SSSR count). The summed E-state index contributed by atoms with van der Waals surface area (Å²) in [5.74, 6) is 0.153. The predicted molar refractivity (Wildman–Crippen MR) is 87.7 cm³/mol. The van der Waals surface area contributed by atoms with Crippen molar-refractivity contribution in [3.8, 4) is 0 Å². The van der Waals surface area contributed by atoms with Crippen molar-refractivity contribution in [2.45, 2.75) is 32.6 Å². The molecule has 2 aromatic rings. The van der Waals surface area contributed by atoms with Gasteiger partial charge in [-0.15, -0.1) is 11.3 Å². The zero-order valence-electron chi connectivity index (χ0n) is 12.3. The molecule has 1 amide bonds. The first kappa shape index (κ1) is 14.5. The Labute approximate surface area is 129 Å². The predicted octanol–water partition coefficient (Wildman–Crippen LogP) is 3.40. The second-order valence-corrected chi connectivity index (χ2v) is 6.69. The standard InChI is InChI=1S/C16H21N3OS/c1-2-6-16(7-3-8-17-10-16)15(20)19-12-4-5-13-14(9-12)21-11-18-13/h4-5,9,11,17H,2-3,6-8,10H2,1H3,(H,19,20). The number of benzene rings is 1. The van der Waals surface area contributed by atoms with Gasteiger partial charge in [0.2, 0.25) is 5.91 Å². The number of nitrogens with zero attached hydrogens (tertiary/aromatic N) is 1. The highest BCUT2D eigenvalue weighted by molar-refractivity contribution is 7.16. The molecule has 1 aliphatic heterocycles. The fourth-order valence-corrected chi connectivity index (χ4v) is 3.88.